The number of pyridine rings is 1. The van der Waals surface area contributed by atoms with Crippen LogP contribution in [0.15, 0.2) is 17.1 Å². The fraction of sp³-hybridized carbons (Fsp3) is 0.444. The number of nitrogens with two attached hydrogens (primary N) is 1. The molecule has 0 aliphatic rings. The third kappa shape index (κ3) is 3.01. The molecule has 2 N–H and O–H groups in total. The first kappa shape index (κ1) is 11.6. The second-order valence-corrected chi connectivity index (χ2v) is 3.84. The predicted octanol–water partition coefficient (Wildman–Crippen LogP) is 1.89. The summed E-state index contributed by atoms with van der Waals surface area (Å²) in [5.41, 5.74) is 5.15. The molecule has 0 saturated heterocycles. The highest BCUT2D eigenvalue weighted by Gasteiger charge is 2.02. The third-order valence-electron chi connectivity index (χ3n) is 1.86. The summed E-state index contributed by atoms with van der Waals surface area (Å²) in [5, 5.41) is 0.632. The van der Waals surface area contributed by atoms with Gasteiger partial charge in [0.25, 0.3) is 5.56 Å². The zero-order chi connectivity index (χ0) is 10.6. The SMILES string of the molecule is NCCCCn1cc(Cl)cc(Cl)c1=O. The Hall–Kier alpha value is -0.510. The highest BCUT2D eigenvalue weighted by Crippen LogP contribution is 2.11. The van der Waals surface area contributed by atoms with Crippen LogP contribution in [0.25, 0.3) is 0 Å². The molecule has 14 heavy (non-hydrogen) atoms. The lowest BCUT2D eigenvalue weighted by atomic mass is 10.3. The minimum absolute atomic E-state index is 0.158. The lowest BCUT2D eigenvalue weighted by Crippen LogP contribution is -2.20. The highest BCUT2D eigenvalue weighted by atomic mass is 35.5. The Balaban J connectivity index is 2.81. The van der Waals surface area contributed by atoms with E-state index in [0.717, 1.165) is 12.8 Å². The molecule has 0 spiro atoms. The average Bonchev–Trinajstić information content (AvgIpc) is 2.13. The average molecular weight is 235 g/mol. The van der Waals surface area contributed by atoms with Crippen molar-refractivity contribution < 1.29 is 0 Å². The van der Waals surface area contributed by atoms with Crippen LogP contribution in [0.5, 0.6) is 0 Å². The molecule has 0 amide bonds. The second-order valence-electron chi connectivity index (χ2n) is 3.00. The van der Waals surface area contributed by atoms with E-state index in [0.29, 0.717) is 18.1 Å². The molecule has 1 aromatic heterocycles. The zero-order valence-corrected chi connectivity index (χ0v) is 9.18. The fourth-order valence-electron chi connectivity index (χ4n) is 1.16. The number of hydrogen-bond acceptors (Lipinski definition) is 2. The number of aryl methyl sites for hydroxylation is 1. The second kappa shape index (κ2) is 5.39. The maximum absolute atomic E-state index is 11.5. The van der Waals surface area contributed by atoms with Crippen LogP contribution >= 0.6 is 23.2 Å². The fourth-order valence-corrected chi connectivity index (χ4v) is 1.67. The van der Waals surface area contributed by atoms with Gasteiger partial charge in [-0.1, -0.05) is 23.2 Å². The van der Waals surface area contributed by atoms with E-state index >= 15 is 0 Å². The number of halogens is 2. The van der Waals surface area contributed by atoms with Crippen molar-refractivity contribution in [3.8, 4) is 0 Å². The third-order valence-corrected chi connectivity index (χ3v) is 2.34. The van der Waals surface area contributed by atoms with E-state index < -0.39 is 0 Å². The molecule has 0 fully saturated rings. The largest absolute Gasteiger partial charge is 0.330 e. The van der Waals surface area contributed by atoms with Gasteiger partial charge in [0.15, 0.2) is 0 Å². The van der Waals surface area contributed by atoms with Crippen LogP contribution in [0.2, 0.25) is 10.0 Å². The number of nitrogens with zero attached hydrogens (tertiary/aromatic N) is 1. The smallest absolute Gasteiger partial charge is 0.269 e. The number of hydrogen-bond donors (Lipinski definition) is 1. The maximum atomic E-state index is 11.5. The summed E-state index contributed by atoms with van der Waals surface area (Å²) < 4.78 is 1.51. The van der Waals surface area contributed by atoms with Gasteiger partial charge in [-0.3, -0.25) is 4.79 Å². The number of aromatic nitrogens is 1. The van der Waals surface area contributed by atoms with Gasteiger partial charge in [-0.25, -0.2) is 0 Å². The molecule has 1 rings (SSSR count). The first-order chi connectivity index (χ1) is 6.65. The van der Waals surface area contributed by atoms with Crippen LogP contribution in [0.1, 0.15) is 12.8 Å². The van der Waals surface area contributed by atoms with Crippen LogP contribution in [0.4, 0.5) is 0 Å². The van der Waals surface area contributed by atoms with Crippen LogP contribution in [0.3, 0.4) is 0 Å². The van der Waals surface area contributed by atoms with Crippen molar-refractivity contribution in [1.29, 1.82) is 0 Å². The summed E-state index contributed by atoms with van der Waals surface area (Å²) in [4.78, 5) is 11.5. The zero-order valence-electron chi connectivity index (χ0n) is 7.67. The van der Waals surface area contributed by atoms with Gasteiger partial charge in [0.05, 0.1) is 5.02 Å². The first-order valence-electron chi connectivity index (χ1n) is 4.40. The van der Waals surface area contributed by atoms with E-state index in [1.54, 1.807) is 6.20 Å². The van der Waals surface area contributed by atoms with Crippen molar-refractivity contribution in [3.63, 3.8) is 0 Å². The van der Waals surface area contributed by atoms with Crippen molar-refractivity contribution in [2.45, 2.75) is 19.4 Å². The number of rotatable bonds is 4. The van der Waals surface area contributed by atoms with E-state index in [2.05, 4.69) is 0 Å². The predicted molar refractivity (Wildman–Crippen MR) is 59.0 cm³/mol. The van der Waals surface area contributed by atoms with E-state index in [9.17, 15) is 4.79 Å². The summed E-state index contributed by atoms with van der Waals surface area (Å²) in [7, 11) is 0. The molecule has 0 aliphatic carbocycles. The van der Waals surface area contributed by atoms with Crippen LogP contribution in [-0.4, -0.2) is 11.1 Å². The van der Waals surface area contributed by atoms with Gasteiger partial charge in [-0.15, -0.1) is 0 Å². The first-order valence-corrected chi connectivity index (χ1v) is 5.16. The van der Waals surface area contributed by atoms with Gasteiger partial charge in [0, 0.05) is 12.7 Å². The maximum Gasteiger partial charge on any atom is 0.269 e. The van der Waals surface area contributed by atoms with Crippen molar-refractivity contribution in [3.05, 3.63) is 32.7 Å². The molecule has 1 aromatic rings. The summed E-state index contributed by atoms with van der Waals surface area (Å²) in [5.74, 6) is 0. The molecular formula is C9H12Cl2N2O. The molecular weight excluding hydrogens is 223 g/mol. The Bertz CT molecular complexity index is 362. The van der Waals surface area contributed by atoms with E-state index in [1.165, 1.54) is 10.6 Å². The Kier molecular flexibility index (Phi) is 4.45. The normalized spacial score (nSPS) is 10.5. The molecule has 1 heterocycles. The quantitative estimate of drug-likeness (QED) is 0.810. The standard InChI is InChI=1S/C9H12Cl2N2O/c10-7-5-8(11)9(14)13(6-7)4-2-1-3-12/h5-6H,1-4,12H2. The summed E-state index contributed by atoms with van der Waals surface area (Å²) in [6, 6.07) is 1.45. The number of unbranched alkanes of at least 4 members (excludes halogenated alkanes) is 1. The van der Waals surface area contributed by atoms with Crippen LogP contribution < -0.4 is 11.3 Å². The molecule has 78 valence electrons. The van der Waals surface area contributed by atoms with E-state index in [1.807, 2.05) is 0 Å². The molecule has 3 nitrogen and oxygen atoms in total. The van der Waals surface area contributed by atoms with Crippen molar-refractivity contribution in [2.24, 2.45) is 5.73 Å². The molecule has 5 heteroatoms. The topological polar surface area (TPSA) is 48.0 Å². The molecule has 0 aliphatic heterocycles. The Labute approximate surface area is 92.4 Å². The summed E-state index contributed by atoms with van der Waals surface area (Å²) in [6.45, 7) is 1.24. The van der Waals surface area contributed by atoms with Gasteiger partial charge >= 0.3 is 0 Å². The van der Waals surface area contributed by atoms with Crippen molar-refractivity contribution in [2.75, 3.05) is 6.54 Å². The molecule has 0 atom stereocenters. The Morgan fingerprint density at radius 1 is 1.36 bits per heavy atom. The van der Waals surface area contributed by atoms with E-state index in [-0.39, 0.29) is 10.6 Å². The van der Waals surface area contributed by atoms with Crippen molar-refractivity contribution >= 4 is 23.2 Å². The lowest BCUT2D eigenvalue weighted by molar-refractivity contribution is 0.599. The Morgan fingerprint density at radius 2 is 2.07 bits per heavy atom. The highest BCUT2D eigenvalue weighted by molar-refractivity contribution is 6.34. The lowest BCUT2D eigenvalue weighted by Gasteiger charge is -2.05. The van der Waals surface area contributed by atoms with E-state index in [4.69, 9.17) is 28.9 Å². The molecule has 0 aromatic carbocycles. The Morgan fingerprint density at radius 3 is 2.71 bits per heavy atom. The van der Waals surface area contributed by atoms with Gasteiger partial charge < -0.3 is 10.3 Å². The molecule has 0 saturated carbocycles. The molecule has 0 bridgehead atoms. The molecule has 0 unspecified atom stereocenters. The minimum Gasteiger partial charge on any atom is -0.330 e. The van der Waals surface area contributed by atoms with Crippen LogP contribution in [0, 0.1) is 0 Å². The van der Waals surface area contributed by atoms with Gasteiger partial charge in [0.2, 0.25) is 0 Å². The van der Waals surface area contributed by atoms with Gasteiger partial charge in [-0.2, -0.15) is 0 Å². The van der Waals surface area contributed by atoms with Crippen LogP contribution in [-0.2, 0) is 6.54 Å². The van der Waals surface area contributed by atoms with Crippen molar-refractivity contribution in [1.82, 2.24) is 4.57 Å². The van der Waals surface area contributed by atoms with Gasteiger partial charge in [0.1, 0.15) is 5.02 Å². The van der Waals surface area contributed by atoms with Gasteiger partial charge in [-0.05, 0) is 25.5 Å². The summed E-state index contributed by atoms with van der Waals surface area (Å²) >= 11 is 11.5. The minimum atomic E-state index is -0.201. The molecule has 0 radical (unpaired) electrons. The summed E-state index contributed by atoms with van der Waals surface area (Å²) in [6.07, 6.45) is 3.33. The monoisotopic (exact) mass is 234 g/mol.